The number of benzene rings is 1. The van der Waals surface area contributed by atoms with E-state index in [0.717, 1.165) is 57.3 Å². The summed E-state index contributed by atoms with van der Waals surface area (Å²) in [6, 6.07) is 8.67. The van der Waals surface area contributed by atoms with E-state index < -0.39 is 0 Å². The molecule has 0 aliphatic heterocycles. The third-order valence-electron chi connectivity index (χ3n) is 5.13. The third kappa shape index (κ3) is 6.95. The van der Waals surface area contributed by atoms with Crippen molar-refractivity contribution in [3.63, 3.8) is 0 Å². The van der Waals surface area contributed by atoms with Crippen LogP contribution < -0.4 is 10.6 Å². The van der Waals surface area contributed by atoms with Gasteiger partial charge in [0.25, 0.3) is 0 Å². The van der Waals surface area contributed by atoms with Gasteiger partial charge in [0.15, 0.2) is 5.96 Å². The first kappa shape index (κ1) is 23.6. The van der Waals surface area contributed by atoms with E-state index in [1.165, 1.54) is 24.0 Å². The largest absolute Gasteiger partial charge is 0.373 e. The lowest BCUT2D eigenvalue weighted by molar-refractivity contribution is 0.0398. The van der Waals surface area contributed by atoms with Crippen molar-refractivity contribution in [1.29, 1.82) is 0 Å². The second-order valence-corrected chi connectivity index (χ2v) is 7.02. The number of guanidine groups is 1. The highest BCUT2D eigenvalue weighted by Gasteiger charge is 2.19. The Morgan fingerprint density at radius 2 is 2.10 bits per heavy atom. The summed E-state index contributed by atoms with van der Waals surface area (Å²) < 4.78 is 8.23. The molecule has 0 radical (unpaired) electrons. The average molecular weight is 512 g/mol. The highest BCUT2D eigenvalue weighted by molar-refractivity contribution is 14.0. The summed E-state index contributed by atoms with van der Waals surface area (Å²) in [6.45, 7) is 5.27. The predicted octanol–water partition coefficient (Wildman–Crippen LogP) is 3.11. The van der Waals surface area contributed by atoms with Crippen LogP contribution in [0, 0.1) is 0 Å². The fourth-order valence-corrected chi connectivity index (χ4v) is 3.64. The molecule has 1 aromatic carbocycles. The predicted molar refractivity (Wildman–Crippen MR) is 127 cm³/mol. The van der Waals surface area contributed by atoms with Crippen molar-refractivity contribution in [3.05, 3.63) is 47.5 Å². The quantitative estimate of drug-likeness (QED) is 0.234. The molecule has 1 heterocycles. The first-order chi connectivity index (χ1) is 13.8. The Morgan fingerprint density at radius 3 is 2.93 bits per heavy atom. The van der Waals surface area contributed by atoms with Gasteiger partial charge in [-0.2, -0.15) is 0 Å². The second kappa shape index (κ2) is 12.8. The van der Waals surface area contributed by atoms with Gasteiger partial charge in [0.05, 0.1) is 6.10 Å². The van der Waals surface area contributed by atoms with Gasteiger partial charge in [0, 0.05) is 39.7 Å². The number of ether oxygens (including phenoxy) is 1. The Kier molecular flexibility index (Phi) is 10.4. The number of aryl methyl sites for hydroxylation is 2. The SMILES string of the molecule is CCc1nncn1CCNC(=NC)NCCCOC1CCCc2ccccc21.I. The zero-order chi connectivity index (χ0) is 19.6. The van der Waals surface area contributed by atoms with Crippen molar-refractivity contribution in [2.75, 3.05) is 26.7 Å². The van der Waals surface area contributed by atoms with Gasteiger partial charge in [0.1, 0.15) is 12.2 Å². The van der Waals surface area contributed by atoms with E-state index in [1.54, 1.807) is 13.4 Å². The molecule has 1 aliphatic rings. The third-order valence-corrected chi connectivity index (χ3v) is 5.13. The van der Waals surface area contributed by atoms with Gasteiger partial charge in [-0.3, -0.25) is 4.99 Å². The number of hydrogen-bond acceptors (Lipinski definition) is 4. The van der Waals surface area contributed by atoms with Gasteiger partial charge >= 0.3 is 0 Å². The minimum absolute atomic E-state index is 0. The van der Waals surface area contributed by atoms with Crippen LogP contribution in [0.15, 0.2) is 35.6 Å². The maximum Gasteiger partial charge on any atom is 0.191 e. The van der Waals surface area contributed by atoms with E-state index in [0.29, 0.717) is 0 Å². The zero-order valence-electron chi connectivity index (χ0n) is 17.4. The summed E-state index contributed by atoms with van der Waals surface area (Å²) in [6.07, 6.45) is 7.37. The van der Waals surface area contributed by atoms with E-state index in [2.05, 4.69) is 61.6 Å². The molecule has 29 heavy (non-hydrogen) atoms. The number of halogens is 1. The maximum atomic E-state index is 6.16. The lowest BCUT2D eigenvalue weighted by Crippen LogP contribution is -2.39. The van der Waals surface area contributed by atoms with Crippen molar-refractivity contribution in [2.24, 2.45) is 4.99 Å². The topological polar surface area (TPSA) is 76.4 Å². The molecular formula is C21H33IN6O. The van der Waals surface area contributed by atoms with Crippen LogP contribution in [0.3, 0.4) is 0 Å². The van der Waals surface area contributed by atoms with E-state index in [9.17, 15) is 0 Å². The number of fused-ring (bicyclic) bond motifs is 1. The zero-order valence-corrected chi connectivity index (χ0v) is 19.8. The number of nitrogens with one attached hydrogen (secondary N) is 2. The first-order valence-corrected chi connectivity index (χ1v) is 10.3. The molecule has 160 valence electrons. The smallest absolute Gasteiger partial charge is 0.191 e. The van der Waals surface area contributed by atoms with Gasteiger partial charge in [-0.25, -0.2) is 0 Å². The molecule has 1 atom stereocenters. The lowest BCUT2D eigenvalue weighted by Gasteiger charge is -2.25. The number of aromatic nitrogens is 3. The van der Waals surface area contributed by atoms with Gasteiger partial charge in [0.2, 0.25) is 0 Å². The Morgan fingerprint density at radius 1 is 1.28 bits per heavy atom. The van der Waals surface area contributed by atoms with Crippen molar-refractivity contribution in [2.45, 2.75) is 51.7 Å². The first-order valence-electron chi connectivity index (χ1n) is 10.3. The van der Waals surface area contributed by atoms with Crippen LogP contribution in [0.5, 0.6) is 0 Å². The van der Waals surface area contributed by atoms with Crippen LogP contribution >= 0.6 is 24.0 Å². The second-order valence-electron chi connectivity index (χ2n) is 7.02. The van der Waals surface area contributed by atoms with Gasteiger partial charge < -0.3 is 19.9 Å². The summed E-state index contributed by atoms with van der Waals surface area (Å²) >= 11 is 0. The van der Waals surface area contributed by atoms with Gasteiger partial charge in [-0.05, 0) is 36.8 Å². The molecule has 1 aliphatic carbocycles. The summed E-state index contributed by atoms with van der Waals surface area (Å²) in [5, 5.41) is 14.7. The molecule has 8 heteroatoms. The molecule has 0 saturated carbocycles. The van der Waals surface area contributed by atoms with Crippen LogP contribution in [0.2, 0.25) is 0 Å². The summed E-state index contributed by atoms with van der Waals surface area (Å²) in [4.78, 5) is 4.28. The number of rotatable bonds is 9. The Hall–Kier alpha value is -1.68. The fourth-order valence-electron chi connectivity index (χ4n) is 3.64. The maximum absolute atomic E-state index is 6.16. The van der Waals surface area contributed by atoms with Crippen LogP contribution in [0.4, 0.5) is 0 Å². The molecule has 3 rings (SSSR count). The Balaban J connectivity index is 0.00000300. The van der Waals surface area contributed by atoms with Crippen molar-refractivity contribution >= 4 is 29.9 Å². The Bertz CT molecular complexity index is 763. The summed E-state index contributed by atoms with van der Waals surface area (Å²) in [5.74, 6) is 1.82. The van der Waals surface area contributed by atoms with E-state index in [4.69, 9.17) is 4.74 Å². The minimum Gasteiger partial charge on any atom is -0.373 e. The summed E-state index contributed by atoms with van der Waals surface area (Å²) in [7, 11) is 1.79. The molecule has 1 aromatic heterocycles. The molecule has 0 bridgehead atoms. The highest BCUT2D eigenvalue weighted by atomic mass is 127. The fraction of sp³-hybridized carbons (Fsp3) is 0.571. The molecule has 2 N–H and O–H groups in total. The highest BCUT2D eigenvalue weighted by Crippen LogP contribution is 2.32. The number of hydrogen-bond donors (Lipinski definition) is 2. The van der Waals surface area contributed by atoms with Crippen LogP contribution in [0.25, 0.3) is 0 Å². The molecule has 2 aromatic rings. The molecular weight excluding hydrogens is 479 g/mol. The van der Waals surface area contributed by atoms with E-state index >= 15 is 0 Å². The van der Waals surface area contributed by atoms with Crippen LogP contribution in [0.1, 0.15) is 49.2 Å². The standard InChI is InChI=1S/C21H32N6O.HI/c1-3-20-26-25-16-27(20)14-13-24-21(22-2)23-12-7-15-28-19-11-6-9-17-8-4-5-10-18(17)19;/h4-5,8,10,16,19H,3,6-7,9,11-15H2,1-2H3,(H2,22,23,24);1H. The monoisotopic (exact) mass is 512 g/mol. The molecule has 0 fully saturated rings. The van der Waals surface area contributed by atoms with Crippen LogP contribution in [-0.4, -0.2) is 47.5 Å². The van der Waals surface area contributed by atoms with E-state index in [1.807, 2.05) is 0 Å². The lowest BCUT2D eigenvalue weighted by atomic mass is 9.89. The van der Waals surface area contributed by atoms with Gasteiger partial charge in [-0.15, -0.1) is 34.2 Å². The van der Waals surface area contributed by atoms with Crippen LogP contribution in [-0.2, 0) is 24.1 Å². The van der Waals surface area contributed by atoms with E-state index in [-0.39, 0.29) is 30.1 Å². The number of nitrogens with zero attached hydrogens (tertiary/aromatic N) is 4. The van der Waals surface area contributed by atoms with Gasteiger partial charge in [-0.1, -0.05) is 31.2 Å². The molecule has 1 unspecified atom stereocenters. The molecule has 0 amide bonds. The van der Waals surface area contributed by atoms with Crippen molar-refractivity contribution in [1.82, 2.24) is 25.4 Å². The van der Waals surface area contributed by atoms with Crippen molar-refractivity contribution < 1.29 is 4.74 Å². The molecule has 7 nitrogen and oxygen atoms in total. The summed E-state index contributed by atoms with van der Waals surface area (Å²) in [5.41, 5.74) is 2.82. The minimum atomic E-state index is 0. The molecule has 0 spiro atoms. The molecule has 0 saturated heterocycles. The van der Waals surface area contributed by atoms with Crippen molar-refractivity contribution in [3.8, 4) is 0 Å². The Labute approximate surface area is 190 Å². The normalized spacial score (nSPS) is 16.1. The number of aliphatic imine (C=N–C) groups is 1. The average Bonchev–Trinajstić information content (AvgIpc) is 3.19.